The molecule has 0 aliphatic heterocycles. The Morgan fingerprint density at radius 2 is 2.12 bits per heavy atom. The first-order valence-electron chi connectivity index (χ1n) is 6.28. The van der Waals surface area contributed by atoms with E-state index in [2.05, 4.69) is 18.8 Å². The van der Waals surface area contributed by atoms with Crippen molar-refractivity contribution in [2.75, 3.05) is 13.2 Å². The zero-order valence-electron chi connectivity index (χ0n) is 10.5. The van der Waals surface area contributed by atoms with Crippen molar-refractivity contribution in [2.24, 2.45) is 5.73 Å². The molecule has 0 bridgehead atoms. The fourth-order valence-electron chi connectivity index (χ4n) is 1.54. The lowest BCUT2D eigenvalue weighted by atomic mass is 10.2. The molecule has 0 aliphatic carbocycles. The predicted molar refractivity (Wildman–Crippen MR) is 72.0 cm³/mol. The van der Waals surface area contributed by atoms with Crippen LogP contribution >= 0.6 is 0 Å². The van der Waals surface area contributed by atoms with Crippen LogP contribution in [0.25, 0.3) is 0 Å². The topological polar surface area (TPSA) is 35.2 Å². The lowest BCUT2D eigenvalue weighted by molar-refractivity contribution is 0.305. The highest BCUT2D eigenvalue weighted by Crippen LogP contribution is 2.13. The summed E-state index contributed by atoms with van der Waals surface area (Å²) in [6.45, 7) is 3.39. The Morgan fingerprint density at radius 3 is 2.88 bits per heavy atom. The summed E-state index contributed by atoms with van der Waals surface area (Å²) in [7, 11) is 0. The fourth-order valence-corrected chi connectivity index (χ4v) is 1.54. The van der Waals surface area contributed by atoms with E-state index in [1.165, 1.54) is 19.3 Å². The molecule has 0 saturated carbocycles. The highest BCUT2D eigenvalue weighted by Gasteiger charge is 1.95. The van der Waals surface area contributed by atoms with Crippen molar-refractivity contribution < 1.29 is 4.74 Å². The van der Waals surface area contributed by atoms with Gasteiger partial charge in [-0.1, -0.05) is 44.1 Å². The molecule has 0 spiro atoms. The van der Waals surface area contributed by atoms with Gasteiger partial charge < -0.3 is 10.5 Å². The van der Waals surface area contributed by atoms with Gasteiger partial charge in [-0.3, -0.25) is 0 Å². The minimum atomic E-state index is 0.391. The van der Waals surface area contributed by atoms with Gasteiger partial charge >= 0.3 is 0 Å². The van der Waals surface area contributed by atoms with Gasteiger partial charge in [0.25, 0.3) is 0 Å². The Morgan fingerprint density at radius 1 is 1.24 bits per heavy atom. The fraction of sp³-hybridized carbons (Fsp3) is 0.467. The largest absolute Gasteiger partial charge is 0.494 e. The van der Waals surface area contributed by atoms with Gasteiger partial charge in [0, 0.05) is 5.56 Å². The lowest BCUT2D eigenvalue weighted by Crippen LogP contribution is -1.97. The molecule has 1 aromatic rings. The SMILES string of the molecule is CCCCCCOc1cccc(C#CCN)c1. The van der Waals surface area contributed by atoms with Gasteiger partial charge in [-0.05, 0) is 24.6 Å². The van der Waals surface area contributed by atoms with Crippen molar-refractivity contribution >= 4 is 0 Å². The van der Waals surface area contributed by atoms with E-state index in [1.54, 1.807) is 0 Å². The van der Waals surface area contributed by atoms with Gasteiger partial charge in [-0.25, -0.2) is 0 Å². The smallest absolute Gasteiger partial charge is 0.120 e. The Hall–Kier alpha value is -1.46. The van der Waals surface area contributed by atoms with Crippen LogP contribution < -0.4 is 10.5 Å². The molecule has 1 rings (SSSR count). The molecule has 0 radical (unpaired) electrons. The second-order valence-corrected chi connectivity index (χ2v) is 3.94. The molecule has 0 saturated heterocycles. The molecule has 17 heavy (non-hydrogen) atoms. The third-order valence-electron chi connectivity index (χ3n) is 2.44. The van der Waals surface area contributed by atoms with Crippen LogP contribution in [-0.4, -0.2) is 13.2 Å². The first kappa shape index (κ1) is 13.6. The monoisotopic (exact) mass is 231 g/mol. The molecule has 92 valence electrons. The summed E-state index contributed by atoms with van der Waals surface area (Å²) in [5, 5.41) is 0. The molecule has 0 amide bonds. The Labute approximate surface area is 104 Å². The number of ether oxygens (including phenoxy) is 1. The Kier molecular flexibility index (Phi) is 6.93. The van der Waals surface area contributed by atoms with E-state index in [-0.39, 0.29) is 0 Å². The number of unbranched alkanes of at least 4 members (excludes halogenated alkanes) is 3. The molecular formula is C15H21NO. The van der Waals surface area contributed by atoms with Crippen LogP contribution in [0.2, 0.25) is 0 Å². The van der Waals surface area contributed by atoms with Gasteiger partial charge in [-0.2, -0.15) is 0 Å². The molecule has 2 N–H and O–H groups in total. The van der Waals surface area contributed by atoms with Crippen LogP contribution in [-0.2, 0) is 0 Å². The van der Waals surface area contributed by atoms with Crippen molar-refractivity contribution in [3.8, 4) is 17.6 Å². The molecule has 1 aromatic carbocycles. The van der Waals surface area contributed by atoms with Crippen molar-refractivity contribution in [3.63, 3.8) is 0 Å². The number of rotatable bonds is 6. The molecule has 2 nitrogen and oxygen atoms in total. The van der Waals surface area contributed by atoms with Crippen LogP contribution in [0.4, 0.5) is 0 Å². The molecule has 0 unspecified atom stereocenters. The lowest BCUT2D eigenvalue weighted by Gasteiger charge is -2.05. The Balaban J connectivity index is 2.38. The standard InChI is InChI=1S/C15H21NO/c1-2-3-4-5-12-17-15-10-6-8-14(13-15)9-7-11-16/h6,8,10,13H,2-5,11-12,16H2,1H3. The van der Waals surface area contributed by atoms with E-state index in [1.807, 2.05) is 24.3 Å². The maximum Gasteiger partial charge on any atom is 0.120 e. The molecule has 0 heterocycles. The summed E-state index contributed by atoms with van der Waals surface area (Å²) in [5.74, 6) is 6.73. The minimum absolute atomic E-state index is 0.391. The van der Waals surface area contributed by atoms with E-state index in [4.69, 9.17) is 10.5 Å². The van der Waals surface area contributed by atoms with Crippen LogP contribution in [0.5, 0.6) is 5.75 Å². The van der Waals surface area contributed by atoms with Gasteiger partial charge in [0.1, 0.15) is 5.75 Å². The second-order valence-electron chi connectivity index (χ2n) is 3.94. The Bertz CT molecular complexity index is 376. The number of nitrogens with two attached hydrogens (primary N) is 1. The summed E-state index contributed by atoms with van der Waals surface area (Å²) in [6.07, 6.45) is 4.89. The zero-order valence-corrected chi connectivity index (χ0v) is 10.5. The maximum atomic E-state index is 5.67. The average molecular weight is 231 g/mol. The number of benzene rings is 1. The van der Waals surface area contributed by atoms with Crippen LogP contribution in [0, 0.1) is 11.8 Å². The van der Waals surface area contributed by atoms with E-state index in [9.17, 15) is 0 Å². The van der Waals surface area contributed by atoms with Crippen LogP contribution in [0.1, 0.15) is 38.2 Å². The van der Waals surface area contributed by atoms with Crippen molar-refractivity contribution in [1.82, 2.24) is 0 Å². The van der Waals surface area contributed by atoms with Gasteiger partial charge in [-0.15, -0.1) is 0 Å². The summed E-state index contributed by atoms with van der Waals surface area (Å²) in [6, 6.07) is 7.85. The molecule has 0 fully saturated rings. The number of hydrogen-bond donors (Lipinski definition) is 1. The van der Waals surface area contributed by atoms with Gasteiger partial charge in [0.05, 0.1) is 13.2 Å². The quantitative estimate of drug-likeness (QED) is 0.603. The highest BCUT2D eigenvalue weighted by molar-refractivity contribution is 5.39. The molecule has 0 aliphatic rings. The normalized spacial score (nSPS) is 9.53. The summed E-state index contributed by atoms with van der Waals surface area (Å²) in [4.78, 5) is 0. The first-order chi connectivity index (χ1) is 8.36. The zero-order chi connectivity index (χ0) is 12.3. The van der Waals surface area contributed by atoms with E-state index < -0.39 is 0 Å². The van der Waals surface area contributed by atoms with Crippen molar-refractivity contribution in [2.45, 2.75) is 32.6 Å². The van der Waals surface area contributed by atoms with E-state index in [0.717, 1.165) is 24.3 Å². The van der Waals surface area contributed by atoms with Crippen LogP contribution in [0.3, 0.4) is 0 Å². The van der Waals surface area contributed by atoms with E-state index in [0.29, 0.717) is 6.54 Å². The second kappa shape index (κ2) is 8.66. The third kappa shape index (κ3) is 5.99. The van der Waals surface area contributed by atoms with E-state index >= 15 is 0 Å². The van der Waals surface area contributed by atoms with Gasteiger partial charge in [0.15, 0.2) is 0 Å². The predicted octanol–water partition coefficient (Wildman–Crippen LogP) is 2.96. The molecular weight excluding hydrogens is 210 g/mol. The number of hydrogen-bond acceptors (Lipinski definition) is 2. The molecule has 0 aromatic heterocycles. The van der Waals surface area contributed by atoms with Gasteiger partial charge in [0.2, 0.25) is 0 Å². The summed E-state index contributed by atoms with van der Waals surface area (Å²) in [5.41, 5.74) is 6.30. The maximum absolute atomic E-state index is 5.67. The summed E-state index contributed by atoms with van der Waals surface area (Å²) < 4.78 is 5.67. The average Bonchev–Trinajstić information content (AvgIpc) is 2.37. The highest BCUT2D eigenvalue weighted by atomic mass is 16.5. The minimum Gasteiger partial charge on any atom is -0.494 e. The van der Waals surface area contributed by atoms with Crippen LogP contribution in [0.15, 0.2) is 24.3 Å². The molecule has 2 heteroatoms. The third-order valence-corrected chi connectivity index (χ3v) is 2.44. The van der Waals surface area contributed by atoms with Crippen molar-refractivity contribution in [3.05, 3.63) is 29.8 Å². The molecule has 0 atom stereocenters. The first-order valence-corrected chi connectivity index (χ1v) is 6.28. The van der Waals surface area contributed by atoms with Crippen molar-refractivity contribution in [1.29, 1.82) is 0 Å². The summed E-state index contributed by atoms with van der Waals surface area (Å²) >= 11 is 0.